The van der Waals surface area contributed by atoms with Crippen LogP contribution in [0.4, 0.5) is 17.1 Å². The summed E-state index contributed by atoms with van der Waals surface area (Å²) in [5.41, 5.74) is 20.6. The molecule has 1 aromatic heterocycles. The van der Waals surface area contributed by atoms with Crippen molar-refractivity contribution in [3.63, 3.8) is 0 Å². The quantitative estimate of drug-likeness (QED) is 0.159. The number of para-hydroxylation sites is 1. The Morgan fingerprint density at radius 2 is 0.908 bits per heavy atom. The molecule has 0 amide bonds. The van der Waals surface area contributed by atoms with Gasteiger partial charge in [-0.2, -0.15) is 0 Å². The van der Waals surface area contributed by atoms with Gasteiger partial charge in [-0.3, -0.25) is 0 Å². The first kappa shape index (κ1) is 37.4. The van der Waals surface area contributed by atoms with Crippen molar-refractivity contribution < 1.29 is 4.42 Å². The van der Waals surface area contributed by atoms with Crippen LogP contribution in [0.1, 0.15) is 45.9 Å². The van der Waals surface area contributed by atoms with E-state index in [1.54, 1.807) is 0 Å². The zero-order chi connectivity index (χ0) is 43.1. The van der Waals surface area contributed by atoms with Gasteiger partial charge in [0.2, 0.25) is 0 Å². The highest BCUT2D eigenvalue weighted by Crippen LogP contribution is 2.60. The van der Waals surface area contributed by atoms with Crippen LogP contribution in [0.3, 0.4) is 0 Å². The van der Waals surface area contributed by atoms with Crippen LogP contribution in [0.2, 0.25) is 0 Å². The van der Waals surface area contributed by atoms with E-state index < -0.39 is 5.41 Å². The highest BCUT2D eigenvalue weighted by Gasteiger charge is 2.47. The maximum atomic E-state index is 6.57. The normalized spacial score (nSPS) is 15.3. The fourth-order valence-corrected chi connectivity index (χ4v) is 11.5. The summed E-state index contributed by atoms with van der Waals surface area (Å²) in [6.07, 6.45) is 0. The third-order valence-electron chi connectivity index (χ3n) is 14.4. The monoisotopic (exact) mass is 829 g/mol. The highest BCUT2D eigenvalue weighted by molar-refractivity contribution is 6.07. The van der Waals surface area contributed by atoms with Gasteiger partial charge in [0.15, 0.2) is 0 Å². The summed E-state index contributed by atoms with van der Waals surface area (Å²) >= 11 is 0. The molecule has 2 aliphatic rings. The third kappa shape index (κ3) is 5.41. The van der Waals surface area contributed by atoms with Gasteiger partial charge in [-0.15, -0.1) is 0 Å². The van der Waals surface area contributed by atoms with Crippen LogP contribution < -0.4 is 4.90 Å². The van der Waals surface area contributed by atoms with E-state index in [1.165, 1.54) is 72.3 Å². The van der Waals surface area contributed by atoms with Crippen LogP contribution in [0.5, 0.6) is 0 Å². The minimum Gasteiger partial charge on any atom is -0.456 e. The Balaban J connectivity index is 1.01. The first-order valence-corrected chi connectivity index (χ1v) is 22.6. The lowest BCUT2D eigenvalue weighted by atomic mass is 9.68. The van der Waals surface area contributed by atoms with Gasteiger partial charge in [0.25, 0.3) is 0 Å². The van der Waals surface area contributed by atoms with Crippen molar-refractivity contribution in [3.8, 4) is 33.4 Å². The molecule has 0 saturated heterocycles. The van der Waals surface area contributed by atoms with Crippen molar-refractivity contribution >= 4 is 39.0 Å². The zero-order valence-electron chi connectivity index (χ0n) is 35.9. The van der Waals surface area contributed by atoms with Crippen molar-refractivity contribution in [3.05, 3.63) is 282 Å². The maximum Gasteiger partial charge on any atom is 0.137 e. The van der Waals surface area contributed by atoms with E-state index >= 15 is 0 Å². The van der Waals surface area contributed by atoms with Gasteiger partial charge in [-0.1, -0.05) is 194 Å². The van der Waals surface area contributed by atoms with Crippen LogP contribution in [-0.4, -0.2) is 0 Å². The second kappa shape index (κ2) is 14.4. The Hall–Kier alpha value is -8.20. The number of anilines is 3. The van der Waals surface area contributed by atoms with Crippen molar-refractivity contribution in [2.24, 2.45) is 0 Å². The number of hydrogen-bond acceptors (Lipinski definition) is 2. The van der Waals surface area contributed by atoms with E-state index in [2.05, 4.69) is 248 Å². The van der Waals surface area contributed by atoms with E-state index in [0.717, 1.165) is 39.0 Å². The van der Waals surface area contributed by atoms with Crippen molar-refractivity contribution in [1.29, 1.82) is 0 Å². The molecule has 0 aliphatic heterocycles. The number of furan rings is 1. The Morgan fingerprint density at radius 1 is 0.354 bits per heavy atom. The summed E-state index contributed by atoms with van der Waals surface area (Å²) in [5.74, 6) is 0. The number of hydrogen-bond donors (Lipinski definition) is 0. The van der Waals surface area contributed by atoms with Crippen LogP contribution in [-0.2, 0) is 10.8 Å². The first-order valence-electron chi connectivity index (χ1n) is 22.6. The van der Waals surface area contributed by atoms with Gasteiger partial charge in [0.1, 0.15) is 11.2 Å². The average molecular weight is 830 g/mol. The summed E-state index contributed by atoms with van der Waals surface area (Å²) in [6.45, 7) is 2.39. The summed E-state index contributed by atoms with van der Waals surface area (Å²) < 4.78 is 6.57. The molecule has 11 aromatic rings. The maximum absolute atomic E-state index is 6.57. The lowest BCUT2D eigenvalue weighted by molar-refractivity contribution is 0.669. The second-order valence-electron chi connectivity index (χ2n) is 17.7. The number of benzene rings is 10. The molecule has 0 bridgehead atoms. The van der Waals surface area contributed by atoms with Gasteiger partial charge in [0.05, 0.1) is 11.1 Å². The molecule has 1 unspecified atom stereocenters. The van der Waals surface area contributed by atoms with E-state index in [1.807, 2.05) is 6.07 Å². The SMILES string of the molecule is CC1(c2ccccc2)c2ccccc2-c2ccc(-c3ccc(N(c4ccc5c(c4)oc4ccccc45)c4cccc5c4-c4ccccc4C5(c4ccccc4)c4ccccc4)cc3)cc21. The largest absolute Gasteiger partial charge is 0.456 e. The lowest BCUT2D eigenvalue weighted by Crippen LogP contribution is -2.28. The molecule has 2 nitrogen and oxygen atoms in total. The first-order chi connectivity index (χ1) is 32.1. The van der Waals surface area contributed by atoms with Gasteiger partial charge < -0.3 is 9.32 Å². The van der Waals surface area contributed by atoms with E-state index in [0.29, 0.717) is 0 Å². The molecule has 306 valence electrons. The summed E-state index contributed by atoms with van der Waals surface area (Å²) in [4.78, 5) is 2.43. The Bertz CT molecular complexity index is 3570. The minimum atomic E-state index is -0.524. The van der Waals surface area contributed by atoms with Gasteiger partial charge >= 0.3 is 0 Å². The Labute approximate surface area is 379 Å². The third-order valence-corrected chi connectivity index (χ3v) is 14.4. The Kier molecular flexibility index (Phi) is 8.29. The standard InChI is InChI=1S/C63H43NO/c1-62(44-18-5-2-6-19-44)54-27-14-11-24-49(54)50-38-34-43(40-57(50)62)42-32-35-47(36-33-42)64(48-37-39-52-51-25-13-16-31-59(51)65-60(52)41-48)58-30-17-29-56-61(58)53-26-12-15-28-55(53)63(56,45-20-7-3-8-21-45)46-22-9-4-10-23-46/h2-41H,1H3. The fourth-order valence-electron chi connectivity index (χ4n) is 11.5. The van der Waals surface area contributed by atoms with Crippen molar-refractivity contribution in [1.82, 2.24) is 0 Å². The summed E-state index contributed by atoms with van der Waals surface area (Å²) in [7, 11) is 0. The summed E-state index contributed by atoms with van der Waals surface area (Å²) in [5, 5.41) is 2.23. The van der Waals surface area contributed by atoms with E-state index in [-0.39, 0.29) is 5.41 Å². The van der Waals surface area contributed by atoms with Crippen molar-refractivity contribution in [2.45, 2.75) is 17.8 Å². The average Bonchev–Trinajstić information content (AvgIpc) is 4.00. The molecule has 10 aromatic carbocycles. The highest BCUT2D eigenvalue weighted by atomic mass is 16.3. The molecule has 65 heavy (non-hydrogen) atoms. The molecule has 13 rings (SSSR count). The molecule has 1 heterocycles. The molecule has 2 aliphatic carbocycles. The predicted octanol–water partition coefficient (Wildman–Crippen LogP) is 16.4. The van der Waals surface area contributed by atoms with Crippen LogP contribution in [0.15, 0.2) is 247 Å². The molecule has 0 N–H and O–H groups in total. The number of fused-ring (bicyclic) bond motifs is 9. The lowest BCUT2D eigenvalue weighted by Gasteiger charge is -2.34. The van der Waals surface area contributed by atoms with Gasteiger partial charge in [-0.05, 0) is 116 Å². The van der Waals surface area contributed by atoms with E-state index in [4.69, 9.17) is 4.42 Å². The second-order valence-corrected chi connectivity index (χ2v) is 17.7. The van der Waals surface area contributed by atoms with Crippen LogP contribution >= 0.6 is 0 Å². The molecule has 0 saturated carbocycles. The fraction of sp³-hybridized carbons (Fsp3) is 0.0476. The molecule has 0 spiro atoms. The summed E-state index contributed by atoms with van der Waals surface area (Å²) in [6, 6.07) is 89.1. The zero-order valence-corrected chi connectivity index (χ0v) is 35.9. The molecule has 0 fully saturated rings. The number of nitrogens with zero attached hydrogens (tertiary/aromatic N) is 1. The van der Waals surface area contributed by atoms with Crippen LogP contribution in [0.25, 0.3) is 55.3 Å². The molecular weight excluding hydrogens is 787 g/mol. The molecule has 1 atom stereocenters. The van der Waals surface area contributed by atoms with Gasteiger partial charge in [-0.25, -0.2) is 0 Å². The molecular formula is C63H43NO. The molecule has 0 radical (unpaired) electrons. The van der Waals surface area contributed by atoms with E-state index in [9.17, 15) is 0 Å². The topological polar surface area (TPSA) is 16.4 Å². The smallest absolute Gasteiger partial charge is 0.137 e. The minimum absolute atomic E-state index is 0.270. The Morgan fingerprint density at radius 3 is 1.65 bits per heavy atom. The predicted molar refractivity (Wildman–Crippen MR) is 269 cm³/mol. The van der Waals surface area contributed by atoms with Gasteiger partial charge in [0, 0.05) is 39.2 Å². The molecule has 2 heteroatoms. The number of rotatable bonds is 7. The van der Waals surface area contributed by atoms with Crippen LogP contribution in [0, 0.1) is 0 Å². The van der Waals surface area contributed by atoms with Crippen molar-refractivity contribution in [2.75, 3.05) is 4.90 Å².